The molecule has 1 fully saturated rings. The normalized spacial score (nSPS) is 19.8. The van der Waals surface area contributed by atoms with Crippen LogP contribution in [0.5, 0.6) is 11.5 Å². The first-order valence-electron chi connectivity index (χ1n) is 7.15. The van der Waals surface area contributed by atoms with Gasteiger partial charge in [0.1, 0.15) is 11.5 Å². The van der Waals surface area contributed by atoms with Gasteiger partial charge in [-0.2, -0.15) is 0 Å². The molecule has 106 valence electrons. The molecule has 1 aromatic rings. The fourth-order valence-corrected chi connectivity index (χ4v) is 2.62. The molecule has 1 heterocycles. The number of phenols is 2. The molecule has 0 bridgehead atoms. The minimum absolute atomic E-state index is 0.109. The summed E-state index contributed by atoms with van der Waals surface area (Å²) >= 11 is 0. The van der Waals surface area contributed by atoms with E-state index in [1.165, 1.54) is 25.3 Å². The van der Waals surface area contributed by atoms with Crippen LogP contribution in [0.1, 0.15) is 31.7 Å². The van der Waals surface area contributed by atoms with Crippen molar-refractivity contribution < 1.29 is 10.2 Å². The second-order valence-corrected chi connectivity index (χ2v) is 5.29. The van der Waals surface area contributed by atoms with Crippen LogP contribution >= 0.6 is 0 Å². The molecule has 0 saturated carbocycles. The summed E-state index contributed by atoms with van der Waals surface area (Å²) in [6, 6.07) is 5.39. The lowest BCUT2D eigenvalue weighted by Crippen LogP contribution is -2.43. The summed E-state index contributed by atoms with van der Waals surface area (Å²) in [5.74, 6) is 0.285. The van der Waals surface area contributed by atoms with E-state index in [1.54, 1.807) is 12.1 Å². The monoisotopic (exact) mass is 264 g/mol. The van der Waals surface area contributed by atoms with Crippen molar-refractivity contribution in [2.45, 2.75) is 38.8 Å². The Labute approximate surface area is 115 Å². The molecule has 19 heavy (non-hydrogen) atoms. The first-order valence-corrected chi connectivity index (χ1v) is 7.15. The average molecular weight is 264 g/mol. The van der Waals surface area contributed by atoms with Gasteiger partial charge in [-0.15, -0.1) is 0 Å². The second kappa shape index (κ2) is 6.78. The van der Waals surface area contributed by atoms with Crippen LogP contribution < -0.4 is 5.32 Å². The summed E-state index contributed by atoms with van der Waals surface area (Å²) in [6.45, 7) is 5.95. The Morgan fingerprint density at radius 3 is 2.79 bits per heavy atom. The minimum atomic E-state index is 0.109. The molecule has 1 unspecified atom stereocenters. The van der Waals surface area contributed by atoms with E-state index in [-0.39, 0.29) is 11.5 Å². The molecule has 0 amide bonds. The highest BCUT2D eigenvalue weighted by Crippen LogP contribution is 2.24. The van der Waals surface area contributed by atoms with Gasteiger partial charge in [0.15, 0.2) is 0 Å². The highest BCUT2D eigenvalue weighted by atomic mass is 16.3. The van der Waals surface area contributed by atoms with Crippen molar-refractivity contribution in [1.29, 1.82) is 0 Å². The number of nitrogens with zero attached hydrogens (tertiary/aromatic N) is 1. The molecule has 1 saturated heterocycles. The predicted octanol–water partition coefficient (Wildman–Crippen LogP) is 2.06. The van der Waals surface area contributed by atoms with Gasteiger partial charge >= 0.3 is 0 Å². The zero-order valence-corrected chi connectivity index (χ0v) is 11.6. The van der Waals surface area contributed by atoms with Gasteiger partial charge in [0.05, 0.1) is 0 Å². The Balaban J connectivity index is 1.94. The first-order chi connectivity index (χ1) is 9.19. The van der Waals surface area contributed by atoms with Crippen molar-refractivity contribution in [1.82, 2.24) is 10.2 Å². The van der Waals surface area contributed by atoms with E-state index in [4.69, 9.17) is 0 Å². The van der Waals surface area contributed by atoms with Crippen LogP contribution in [-0.4, -0.2) is 40.8 Å². The Bertz CT molecular complexity index is 403. The van der Waals surface area contributed by atoms with Gasteiger partial charge < -0.3 is 15.5 Å². The summed E-state index contributed by atoms with van der Waals surface area (Å²) in [6.07, 6.45) is 3.82. The summed E-state index contributed by atoms with van der Waals surface area (Å²) in [4.78, 5) is 2.33. The number of phenolic OH excluding ortho intramolecular Hbond substituents is 2. The van der Waals surface area contributed by atoms with Gasteiger partial charge in [-0.25, -0.2) is 0 Å². The molecule has 3 N–H and O–H groups in total. The highest BCUT2D eigenvalue weighted by Gasteiger charge is 2.16. The van der Waals surface area contributed by atoms with Crippen molar-refractivity contribution in [3.8, 4) is 11.5 Å². The topological polar surface area (TPSA) is 55.7 Å². The van der Waals surface area contributed by atoms with Crippen molar-refractivity contribution in [2.75, 3.05) is 19.6 Å². The van der Waals surface area contributed by atoms with Gasteiger partial charge in [-0.1, -0.05) is 19.4 Å². The van der Waals surface area contributed by atoms with Gasteiger partial charge in [-0.3, -0.25) is 4.90 Å². The number of likely N-dealkylation sites (N-methyl/N-ethyl adjacent to an activating group) is 1. The SMILES string of the molecule is CCN(Cc1ccc(O)cc1O)CC1CCCCN1. The summed E-state index contributed by atoms with van der Waals surface area (Å²) < 4.78 is 0. The first kappa shape index (κ1) is 14.2. The third-order valence-corrected chi connectivity index (χ3v) is 3.80. The van der Waals surface area contributed by atoms with E-state index in [1.807, 2.05) is 0 Å². The standard InChI is InChI=1S/C15H24N2O2/c1-2-17(11-13-5-3-4-8-16-13)10-12-6-7-14(18)9-15(12)19/h6-7,9,13,16,18-19H,2-5,8,10-11H2,1H3. The maximum absolute atomic E-state index is 9.84. The number of nitrogens with one attached hydrogen (secondary N) is 1. The van der Waals surface area contributed by atoms with E-state index in [2.05, 4.69) is 17.1 Å². The van der Waals surface area contributed by atoms with Crippen LogP contribution in [0.3, 0.4) is 0 Å². The zero-order valence-electron chi connectivity index (χ0n) is 11.6. The molecule has 0 aromatic heterocycles. The van der Waals surface area contributed by atoms with Gasteiger partial charge in [0, 0.05) is 30.8 Å². The van der Waals surface area contributed by atoms with Crippen molar-refractivity contribution in [3.05, 3.63) is 23.8 Å². The van der Waals surface area contributed by atoms with Crippen LogP contribution in [0.2, 0.25) is 0 Å². The molecular weight excluding hydrogens is 240 g/mol. The molecule has 0 aliphatic carbocycles. The number of hydrogen-bond acceptors (Lipinski definition) is 4. The summed E-state index contributed by atoms with van der Waals surface area (Å²) in [5, 5.41) is 22.7. The maximum Gasteiger partial charge on any atom is 0.123 e. The third kappa shape index (κ3) is 4.11. The number of hydrogen-bond donors (Lipinski definition) is 3. The Hall–Kier alpha value is -1.26. The molecule has 0 spiro atoms. The van der Waals surface area contributed by atoms with Crippen molar-refractivity contribution in [2.24, 2.45) is 0 Å². The Kier molecular flexibility index (Phi) is 5.05. The molecule has 4 nitrogen and oxygen atoms in total. The van der Waals surface area contributed by atoms with E-state index in [0.29, 0.717) is 6.04 Å². The number of benzene rings is 1. The van der Waals surface area contributed by atoms with Gasteiger partial charge in [0.2, 0.25) is 0 Å². The molecule has 4 heteroatoms. The fraction of sp³-hybridized carbons (Fsp3) is 0.600. The lowest BCUT2D eigenvalue weighted by molar-refractivity contribution is 0.224. The van der Waals surface area contributed by atoms with Crippen molar-refractivity contribution in [3.63, 3.8) is 0 Å². The molecular formula is C15H24N2O2. The minimum Gasteiger partial charge on any atom is -0.508 e. The molecule has 2 rings (SSSR count). The van der Waals surface area contributed by atoms with Gasteiger partial charge in [0.25, 0.3) is 0 Å². The van der Waals surface area contributed by atoms with Crippen molar-refractivity contribution >= 4 is 0 Å². The molecule has 1 atom stereocenters. The zero-order chi connectivity index (χ0) is 13.7. The van der Waals surface area contributed by atoms with E-state index in [0.717, 1.165) is 31.7 Å². The van der Waals surface area contributed by atoms with Crippen LogP contribution in [-0.2, 0) is 6.54 Å². The van der Waals surface area contributed by atoms with Crippen LogP contribution in [0.25, 0.3) is 0 Å². The maximum atomic E-state index is 9.84. The molecule has 0 radical (unpaired) electrons. The van der Waals surface area contributed by atoms with Gasteiger partial charge in [-0.05, 0) is 32.0 Å². The Morgan fingerprint density at radius 2 is 2.16 bits per heavy atom. The van der Waals surface area contributed by atoms with E-state index in [9.17, 15) is 10.2 Å². The average Bonchev–Trinajstić information content (AvgIpc) is 2.42. The molecule has 1 aliphatic heterocycles. The lowest BCUT2D eigenvalue weighted by atomic mass is 10.0. The van der Waals surface area contributed by atoms with Crippen LogP contribution in [0, 0.1) is 0 Å². The smallest absolute Gasteiger partial charge is 0.123 e. The number of piperidine rings is 1. The summed E-state index contributed by atoms with van der Waals surface area (Å²) in [5.41, 5.74) is 0.871. The number of aromatic hydroxyl groups is 2. The van der Waals surface area contributed by atoms with E-state index < -0.39 is 0 Å². The lowest BCUT2D eigenvalue weighted by Gasteiger charge is -2.30. The highest BCUT2D eigenvalue weighted by molar-refractivity contribution is 5.38. The van der Waals surface area contributed by atoms with Crippen LogP contribution in [0.15, 0.2) is 18.2 Å². The largest absolute Gasteiger partial charge is 0.508 e. The van der Waals surface area contributed by atoms with Crippen LogP contribution in [0.4, 0.5) is 0 Å². The Morgan fingerprint density at radius 1 is 1.32 bits per heavy atom. The third-order valence-electron chi connectivity index (χ3n) is 3.80. The predicted molar refractivity (Wildman–Crippen MR) is 76.4 cm³/mol. The molecule has 1 aliphatic rings. The quantitative estimate of drug-likeness (QED) is 0.762. The fourth-order valence-electron chi connectivity index (χ4n) is 2.62. The molecule has 1 aromatic carbocycles. The van der Waals surface area contributed by atoms with E-state index >= 15 is 0 Å². The second-order valence-electron chi connectivity index (χ2n) is 5.29. The number of rotatable bonds is 5. The summed E-state index contributed by atoms with van der Waals surface area (Å²) in [7, 11) is 0.